The number of halogens is 1. The molecule has 1 fully saturated rings. The Bertz CT molecular complexity index is 436. The largest absolute Gasteiger partial charge is 0.350 e. The van der Waals surface area contributed by atoms with Gasteiger partial charge in [0, 0.05) is 24.5 Å². The van der Waals surface area contributed by atoms with Crippen molar-refractivity contribution in [2.75, 3.05) is 32.1 Å². The fourth-order valence-corrected chi connectivity index (χ4v) is 2.13. The van der Waals surface area contributed by atoms with Crippen LogP contribution >= 0.6 is 15.9 Å². The zero-order chi connectivity index (χ0) is 13.7. The number of urea groups is 1. The minimum Gasteiger partial charge on any atom is -0.350 e. The first kappa shape index (κ1) is 14.3. The number of benzene rings is 1. The molecule has 1 aliphatic heterocycles. The van der Waals surface area contributed by atoms with E-state index in [2.05, 4.69) is 21.2 Å². The number of carbonyl (C=O) groups is 1. The van der Waals surface area contributed by atoms with E-state index in [0.29, 0.717) is 26.2 Å². The average molecular weight is 329 g/mol. The smallest absolute Gasteiger partial charge is 0.321 e. The van der Waals surface area contributed by atoms with Gasteiger partial charge in [-0.25, -0.2) is 4.79 Å². The Labute approximate surface area is 121 Å². The highest BCUT2D eigenvalue weighted by molar-refractivity contribution is 9.10. The van der Waals surface area contributed by atoms with Gasteiger partial charge >= 0.3 is 6.03 Å². The van der Waals surface area contributed by atoms with Gasteiger partial charge < -0.3 is 19.7 Å². The Morgan fingerprint density at radius 3 is 2.79 bits per heavy atom. The van der Waals surface area contributed by atoms with Crippen LogP contribution in [-0.4, -0.2) is 44.0 Å². The van der Waals surface area contributed by atoms with E-state index >= 15 is 0 Å². The highest BCUT2D eigenvalue weighted by Crippen LogP contribution is 2.21. The summed E-state index contributed by atoms with van der Waals surface area (Å²) in [5, 5.41) is 2.84. The summed E-state index contributed by atoms with van der Waals surface area (Å²) in [5.41, 5.74) is 0.757. The van der Waals surface area contributed by atoms with E-state index in [0.717, 1.165) is 10.2 Å². The first-order chi connectivity index (χ1) is 9.16. The minimum atomic E-state index is -0.182. The molecule has 2 rings (SSSR count). The average Bonchev–Trinajstić information content (AvgIpc) is 2.91. The van der Waals surface area contributed by atoms with Crippen LogP contribution in [0.15, 0.2) is 28.7 Å². The quantitative estimate of drug-likeness (QED) is 0.924. The van der Waals surface area contributed by atoms with E-state index in [1.807, 2.05) is 24.3 Å². The second-order valence-corrected chi connectivity index (χ2v) is 5.15. The molecular formula is C13H17BrN2O3. The SMILES string of the molecule is CN(CCC1OCCO1)C(=O)Nc1ccccc1Br. The van der Waals surface area contributed by atoms with E-state index in [-0.39, 0.29) is 12.3 Å². The van der Waals surface area contributed by atoms with Gasteiger partial charge in [-0.15, -0.1) is 0 Å². The van der Waals surface area contributed by atoms with Gasteiger partial charge in [-0.1, -0.05) is 12.1 Å². The summed E-state index contributed by atoms with van der Waals surface area (Å²) < 4.78 is 11.5. The van der Waals surface area contributed by atoms with Crippen LogP contribution in [0.4, 0.5) is 10.5 Å². The van der Waals surface area contributed by atoms with Crippen LogP contribution in [0.1, 0.15) is 6.42 Å². The number of rotatable bonds is 4. The number of amides is 2. The molecule has 2 amide bonds. The van der Waals surface area contributed by atoms with E-state index < -0.39 is 0 Å². The fourth-order valence-electron chi connectivity index (χ4n) is 1.75. The van der Waals surface area contributed by atoms with Gasteiger partial charge in [-0.2, -0.15) is 0 Å². The molecule has 0 saturated carbocycles. The van der Waals surface area contributed by atoms with Gasteiger partial charge in [0.25, 0.3) is 0 Å². The van der Waals surface area contributed by atoms with Gasteiger partial charge in [-0.05, 0) is 28.1 Å². The Kier molecular flexibility index (Phi) is 5.18. The van der Waals surface area contributed by atoms with E-state index in [9.17, 15) is 4.79 Å². The normalized spacial score (nSPS) is 15.5. The van der Waals surface area contributed by atoms with E-state index in [1.54, 1.807) is 11.9 Å². The number of anilines is 1. The van der Waals surface area contributed by atoms with Crippen LogP contribution in [0.2, 0.25) is 0 Å². The van der Waals surface area contributed by atoms with Crippen molar-refractivity contribution in [3.8, 4) is 0 Å². The molecule has 1 heterocycles. The summed E-state index contributed by atoms with van der Waals surface area (Å²) in [6.07, 6.45) is 0.499. The summed E-state index contributed by atoms with van der Waals surface area (Å²) in [7, 11) is 1.75. The first-order valence-corrected chi connectivity index (χ1v) is 6.96. The van der Waals surface area contributed by atoms with Gasteiger partial charge in [0.2, 0.25) is 0 Å². The zero-order valence-corrected chi connectivity index (χ0v) is 12.4. The molecule has 0 aromatic heterocycles. The van der Waals surface area contributed by atoms with Crippen molar-refractivity contribution >= 4 is 27.6 Å². The lowest BCUT2D eigenvalue weighted by Gasteiger charge is -2.19. The lowest BCUT2D eigenvalue weighted by atomic mass is 10.3. The minimum absolute atomic E-state index is 0.148. The van der Waals surface area contributed by atoms with Crippen LogP contribution in [0.3, 0.4) is 0 Å². The Morgan fingerprint density at radius 2 is 2.11 bits per heavy atom. The van der Waals surface area contributed by atoms with Crippen molar-refractivity contribution in [2.24, 2.45) is 0 Å². The van der Waals surface area contributed by atoms with Crippen molar-refractivity contribution in [1.29, 1.82) is 0 Å². The molecule has 1 N–H and O–H groups in total. The summed E-state index contributed by atoms with van der Waals surface area (Å²) in [6, 6.07) is 7.36. The van der Waals surface area contributed by atoms with E-state index in [1.165, 1.54) is 0 Å². The molecule has 1 saturated heterocycles. The maximum Gasteiger partial charge on any atom is 0.321 e. The Hall–Kier alpha value is -1.11. The third kappa shape index (κ3) is 4.19. The predicted octanol–water partition coefficient (Wildman–Crippen LogP) is 2.68. The van der Waals surface area contributed by atoms with Crippen LogP contribution in [0.5, 0.6) is 0 Å². The topological polar surface area (TPSA) is 50.8 Å². The van der Waals surface area contributed by atoms with Crippen molar-refractivity contribution < 1.29 is 14.3 Å². The monoisotopic (exact) mass is 328 g/mol. The van der Waals surface area contributed by atoms with Crippen LogP contribution in [-0.2, 0) is 9.47 Å². The van der Waals surface area contributed by atoms with Gasteiger partial charge in [0.15, 0.2) is 6.29 Å². The van der Waals surface area contributed by atoms with Crippen molar-refractivity contribution in [3.63, 3.8) is 0 Å². The first-order valence-electron chi connectivity index (χ1n) is 6.16. The highest BCUT2D eigenvalue weighted by Gasteiger charge is 2.18. The number of carbonyl (C=O) groups excluding carboxylic acids is 1. The molecular weight excluding hydrogens is 312 g/mol. The highest BCUT2D eigenvalue weighted by atomic mass is 79.9. The molecule has 0 aliphatic carbocycles. The van der Waals surface area contributed by atoms with Crippen LogP contribution in [0, 0.1) is 0 Å². The molecule has 1 aromatic carbocycles. The summed E-state index contributed by atoms with van der Waals surface area (Å²) in [5.74, 6) is 0. The second-order valence-electron chi connectivity index (χ2n) is 4.29. The summed E-state index contributed by atoms with van der Waals surface area (Å²) in [4.78, 5) is 13.6. The lowest BCUT2D eigenvalue weighted by Crippen LogP contribution is -2.33. The summed E-state index contributed by atoms with van der Waals surface area (Å²) >= 11 is 3.39. The Balaban J connectivity index is 1.80. The van der Waals surface area contributed by atoms with Crippen LogP contribution in [0.25, 0.3) is 0 Å². The number of hydrogen-bond acceptors (Lipinski definition) is 3. The van der Waals surface area contributed by atoms with Gasteiger partial charge in [0.05, 0.1) is 18.9 Å². The Morgan fingerprint density at radius 1 is 1.42 bits per heavy atom. The molecule has 0 atom stereocenters. The molecule has 0 unspecified atom stereocenters. The fraction of sp³-hybridized carbons (Fsp3) is 0.462. The maximum absolute atomic E-state index is 12.0. The molecule has 6 heteroatoms. The molecule has 0 spiro atoms. The zero-order valence-electron chi connectivity index (χ0n) is 10.8. The molecule has 0 radical (unpaired) electrons. The molecule has 19 heavy (non-hydrogen) atoms. The predicted molar refractivity (Wildman–Crippen MR) is 76.1 cm³/mol. The van der Waals surface area contributed by atoms with Gasteiger partial charge in [0.1, 0.15) is 0 Å². The third-order valence-electron chi connectivity index (χ3n) is 2.85. The third-order valence-corrected chi connectivity index (χ3v) is 3.54. The molecule has 1 aliphatic rings. The summed E-state index contributed by atoms with van der Waals surface area (Å²) in [6.45, 7) is 1.86. The maximum atomic E-state index is 12.0. The number of nitrogens with zero attached hydrogens (tertiary/aromatic N) is 1. The van der Waals surface area contributed by atoms with Crippen molar-refractivity contribution in [1.82, 2.24) is 4.90 Å². The number of ether oxygens (including phenoxy) is 2. The lowest BCUT2D eigenvalue weighted by molar-refractivity contribution is -0.0488. The second kappa shape index (κ2) is 6.88. The van der Waals surface area contributed by atoms with Crippen molar-refractivity contribution in [2.45, 2.75) is 12.7 Å². The number of nitrogens with one attached hydrogen (secondary N) is 1. The number of hydrogen-bond donors (Lipinski definition) is 1. The van der Waals surface area contributed by atoms with Crippen LogP contribution < -0.4 is 5.32 Å². The van der Waals surface area contributed by atoms with Gasteiger partial charge in [-0.3, -0.25) is 0 Å². The molecule has 104 valence electrons. The molecule has 1 aromatic rings. The van der Waals surface area contributed by atoms with Crippen molar-refractivity contribution in [3.05, 3.63) is 28.7 Å². The molecule has 5 nitrogen and oxygen atoms in total. The van der Waals surface area contributed by atoms with E-state index in [4.69, 9.17) is 9.47 Å². The standard InChI is InChI=1S/C13H17BrN2O3/c1-16(7-6-12-18-8-9-19-12)13(17)15-11-5-3-2-4-10(11)14/h2-5,12H,6-9H2,1H3,(H,15,17). The number of para-hydroxylation sites is 1. The molecule has 0 bridgehead atoms.